The number of hydrogen-bond acceptors (Lipinski definition) is 7. The minimum Gasteiger partial charge on any atom is -0.339 e. The van der Waals surface area contributed by atoms with Gasteiger partial charge in [0.05, 0.1) is 0 Å². The topological polar surface area (TPSA) is 93.8 Å². The fourth-order valence-corrected chi connectivity index (χ4v) is 3.93. The smallest absolute Gasteiger partial charge is 0.227 e. The zero-order chi connectivity index (χ0) is 22.5. The van der Waals surface area contributed by atoms with Gasteiger partial charge in [-0.15, -0.1) is 0 Å². The first-order valence-electron chi connectivity index (χ1n) is 10.2. The van der Waals surface area contributed by atoms with Gasteiger partial charge in [-0.3, -0.25) is 4.79 Å². The largest absolute Gasteiger partial charge is 0.339 e. The van der Waals surface area contributed by atoms with Gasteiger partial charge in [0.1, 0.15) is 0 Å². The van der Waals surface area contributed by atoms with Crippen molar-refractivity contribution in [3.05, 3.63) is 77.4 Å². The molecule has 0 bridgehead atoms. The van der Waals surface area contributed by atoms with Gasteiger partial charge in [-0.1, -0.05) is 35.0 Å². The minimum atomic E-state index is -0.113. The van der Waals surface area contributed by atoms with Crippen LogP contribution in [0, 0.1) is 20.8 Å². The molecule has 2 heterocycles. The molecule has 0 spiro atoms. The number of aryl methyl sites for hydroxylation is 4. The van der Waals surface area contributed by atoms with Crippen molar-refractivity contribution in [2.75, 3.05) is 5.32 Å². The summed E-state index contributed by atoms with van der Waals surface area (Å²) in [5, 5.41) is 7.61. The molecule has 0 aliphatic heterocycles. The Morgan fingerprint density at radius 3 is 2.31 bits per heavy atom. The molecule has 162 valence electrons. The van der Waals surface area contributed by atoms with Gasteiger partial charge in [-0.2, -0.15) is 4.98 Å². The average molecular weight is 446 g/mol. The van der Waals surface area contributed by atoms with Crippen LogP contribution in [0.15, 0.2) is 69.2 Å². The molecule has 0 aliphatic carbocycles. The highest BCUT2D eigenvalue weighted by Gasteiger charge is 2.11. The van der Waals surface area contributed by atoms with Crippen LogP contribution in [0.25, 0.3) is 11.4 Å². The Balaban J connectivity index is 1.29. The third-order valence-electron chi connectivity index (χ3n) is 4.65. The Bertz CT molecular complexity index is 1200. The number of carbonyl (C=O) groups is 1. The standard InChI is InChI=1S/C24H23N5O2S/c1-15-4-6-18(7-5-15)23-28-22(31-29-23)13-12-21(30)27-19-8-10-20(11-9-19)32-24-25-16(2)14-17(3)26-24/h4-11,14H,12-13H2,1-3H3,(H,27,30). The van der Waals surface area contributed by atoms with Crippen LogP contribution < -0.4 is 5.32 Å². The summed E-state index contributed by atoms with van der Waals surface area (Å²) in [6.07, 6.45) is 0.630. The Hall–Kier alpha value is -3.52. The average Bonchev–Trinajstić information content (AvgIpc) is 3.23. The van der Waals surface area contributed by atoms with Crippen molar-refractivity contribution in [3.63, 3.8) is 0 Å². The van der Waals surface area contributed by atoms with Crippen LogP contribution in [-0.2, 0) is 11.2 Å². The summed E-state index contributed by atoms with van der Waals surface area (Å²) in [4.78, 5) is 26.6. The SMILES string of the molecule is Cc1ccc(-c2noc(CCC(=O)Nc3ccc(Sc4nc(C)cc(C)n4)cc3)n2)cc1. The molecule has 4 aromatic rings. The number of rotatable bonds is 7. The van der Waals surface area contributed by atoms with E-state index >= 15 is 0 Å². The summed E-state index contributed by atoms with van der Waals surface area (Å²) in [5.74, 6) is 0.857. The normalized spacial score (nSPS) is 10.8. The zero-order valence-electron chi connectivity index (χ0n) is 18.1. The second-order valence-electron chi connectivity index (χ2n) is 7.49. The van der Waals surface area contributed by atoms with Crippen LogP contribution in [0.3, 0.4) is 0 Å². The molecule has 32 heavy (non-hydrogen) atoms. The number of anilines is 1. The number of amides is 1. The van der Waals surface area contributed by atoms with Gasteiger partial charge in [-0.05, 0) is 62.9 Å². The monoisotopic (exact) mass is 445 g/mol. The Morgan fingerprint density at radius 1 is 0.938 bits per heavy atom. The van der Waals surface area contributed by atoms with Crippen molar-refractivity contribution >= 4 is 23.4 Å². The van der Waals surface area contributed by atoms with E-state index in [9.17, 15) is 4.79 Å². The molecule has 0 aliphatic rings. The molecule has 0 saturated carbocycles. The van der Waals surface area contributed by atoms with E-state index in [1.54, 1.807) is 0 Å². The van der Waals surface area contributed by atoms with Crippen molar-refractivity contribution in [3.8, 4) is 11.4 Å². The summed E-state index contributed by atoms with van der Waals surface area (Å²) in [6.45, 7) is 5.93. The molecule has 2 aromatic carbocycles. The molecule has 0 unspecified atom stereocenters. The van der Waals surface area contributed by atoms with Gasteiger partial charge in [0, 0.05) is 40.4 Å². The molecule has 0 fully saturated rings. The predicted octanol–water partition coefficient (Wildman–Crippen LogP) is 5.17. The van der Waals surface area contributed by atoms with Crippen LogP contribution in [0.5, 0.6) is 0 Å². The predicted molar refractivity (Wildman–Crippen MR) is 123 cm³/mol. The van der Waals surface area contributed by atoms with Crippen molar-refractivity contribution in [2.24, 2.45) is 0 Å². The highest BCUT2D eigenvalue weighted by atomic mass is 32.2. The molecule has 0 saturated heterocycles. The lowest BCUT2D eigenvalue weighted by molar-refractivity contribution is -0.116. The lowest BCUT2D eigenvalue weighted by Crippen LogP contribution is -2.12. The van der Waals surface area contributed by atoms with Crippen LogP contribution in [0.4, 0.5) is 5.69 Å². The van der Waals surface area contributed by atoms with Gasteiger partial charge >= 0.3 is 0 Å². The number of aromatic nitrogens is 4. The van der Waals surface area contributed by atoms with E-state index < -0.39 is 0 Å². The molecule has 0 atom stereocenters. The lowest BCUT2D eigenvalue weighted by Gasteiger charge is -2.06. The van der Waals surface area contributed by atoms with E-state index in [4.69, 9.17) is 4.52 Å². The molecular formula is C24H23N5O2S. The molecule has 4 rings (SSSR count). The fourth-order valence-electron chi connectivity index (χ4n) is 3.07. The molecule has 2 aromatic heterocycles. The zero-order valence-corrected chi connectivity index (χ0v) is 18.9. The molecule has 0 radical (unpaired) electrons. The second-order valence-corrected chi connectivity index (χ2v) is 8.53. The maximum Gasteiger partial charge on any atom is 0.227 e. The van der Waals surface area contributed by atoms with Crippen LogP contribution in [0.1, 0.15) is 29.3 Å². The van der Waals surface area contributed by atoms with E-state index in [0.717, 1.165) is 27.5 Å². The quantitative estimate of drug-likeness (QED) is 0.392. The van der Waals surface area contributed by atoms with Gasteiger partial charge in [0.2, 0.25) is 17.6 Å². The van der Waals surface area contributed by atoms with Gasteiger partial charge in [0.25, 0.3) is 0 Å². The Labute approximate surface area is 190 Å². The van der Waals surface area contributed by atoms with Gasteiger partial charge in [-0.25, -0.2) is 9.97 Å². The maximum absolute atomic E-state index is 12.3. The molecule has 1 amide bonds. The van der Waals surface area contributed by atoms with Gasteiger partial charge < -0.3 is 9.84 Å². The van der Waals surface area contributed by atoms with Crippen molar-refractivity contribution < 1.29 is 9.32 Å². The first kappa shape index (κ1) is 21.7. The molecule has 8 heteroatoms. The maximum atomic E-state index is 12.3. The molecular weight excluding hydrogens is 422 g/mol. The number of nitrogens with one attached hydrogen (secondary N) is 1. The van der Waals surface area contributed by atoms with E-state index in [1.165, 1.54) is 17.3 Å². The first-order valence-corrected chi connectivity index (χ1v) is 11.1. The van der Waals surface area contributed by atoms with Crippen molar-refractivity contribution in [1.29, 1.82) is 0 Å². The minimum absolute atomic E-state index is 0.113. The Morgan fingerprint density at radius 2 is 1.62 bits per heavy atom. The molecule has 7 nitrogen and oxygen atoms in total. The summed E-state index contributed by atoms with van der Waals surface area (Å²) in [6, 6.07) is 17.4. The third kappa shape index (κ3) is 5.79. The third-order valence-corrected chi connectivity index (χ3v) is 5.53. The van der Waals surface area contributed by atoms with Crippen LogP contribution in [0.2, 0.25) is 0 Å². The number of carbonyl (C=O) groups excluding carboxylic acids is 1. The van der Waals surface area contributed by atoms with Crippen molar-refractivity contribution in [1.82, 2.24) is 20.1 Å². The van der Waals surface area contributed by atoms with E-state index in [2.05, 4.69) is 25.4 Å². The van der Waals surface area contributed by atoms with Gasteiger partial charge in [0.15, 0.2) is 5.16 Å². The number of nitrogens with zero attached hydrogens (tertiary/aromatic N) is 4. The number of benzene rings is 2. The fraction of sp³-hybridized carbons (Fsp3) is 0.208. The van der Waals surface area contributed by atoms with Crippen LogP contribution in [-0.4, -0.2) is 26.0 Å². The highest BCUT2D eigenvalue weighted by molar-refractivity contribution is 7.99. The summed E-state index contributed by atoms with van der Waals surface area (Å²) in [5.41, 5.74) is 4.66. The highest BCUT2D eigenvalue weighted by Crippen LogP contribution is 2.26. The lowest BCUT2D eigenvalue weighted by atomic mass is 10.1. The Kier molecular flexibility index (Phi) is 6.61. The van der Waals surface area contributed by atoms with Crippen LogP contribution >= 0.6 is 11.8 Å². The molecule has 1 N–H and O–H groups in total. The number of hydrogen-bond donors (Lipinski definition) is 1. The summed E-state index contributed by atoms with van der Waals surface area (Å²) in [7, 11) is 0. The van der Waals surface area contributed by atoms with Crippen molar-refractivity contribution in [2.45, 2.75) is 43.7 Å². The summed E-state index contributed by atoms with van der Waals surface area (Å²) < 4.78 is 5.28. The second kappa shape index (κ2) is 9.74. The van der Waals surface area contributed by atoms with E-state index in [0.29, 0.717) is 23.3 Å². The summed E-state index contributed by atoms with van der Waals surface area (Å²) >= 11 is 1.49. The first-order chi connectivity index (χ1) is 15.4. The van der Waals surface area contributed by atoms with E-state index in [1.807, 2.05) is 75.4 Å². The van der Waals surface area contributed by atoms with E-state index in [-0.39, 0.29) is 12.3 Å².